The summed E-state index contributed by atoms with van der Waals surface area (Å²) >= 11 is 0. The van der Waals surface area contributed by atoms with E-state index < -0.39 is 0 Å². The molecule has 0 saturated heterocycles. The van der Waals surface area contributed by atoms with Gasteiger partial charge in [-0.15, -0.1) is 0 Å². The highest BCUT2D eigenvalue weighted by molar-refractivity contribution is 5.94. The number of fused-ring (bicyclic) bond motifs is 1. The summed E-state index contributed by atoms with van der Waals surface area (Å²) in [4.78, 5) is 17.6. The van der Waals surface area contributed by atoms with Crippen molar-refractivity contribution in [2.75, 3.05) is 19.1 Å². The molecular formula is C11H14N2O2. The standard InChI is InChI=1S/C11H14N2O2/c1-13-9-6-7-10(15-2)12-8(9)4-3-5-11(13)14/h6-7H,3-5H2,1-2H3. The van der Waals surface area contributed by atoms with Crippen LogP contribution in [0.5, 0.6) is 5.88 Å². The number of aromatic nitrogens is 1. The van der Waals surface area contributed by atoms with Gasteiger partial charge in [0.05, 0.1) is 18.5 Å². The van der Waals surface area contributed by atoms with Crippen LogP contribution >= 0.6 is 0 Å². The first kappa shape index (κ1) is 9.96. The quantitative estimate of drug-likeness (QED) is 0.697. The second kappa shape index (κ2) is 3.88. The fourth-order valence-electron chi connectivity index (χ4n) is 1.79. The summed E-state index contributed by atoms with van der Waals surface area (Å²) in [6.07, 6.45) is 2.29. The monoisotopic (exact) mass is 206 g/mol. The second-order valence-electron chi connectivity index (χ2n) is 3.63. The number of nitrogens with zero attached hydrogens (tertiary/aromatic N) is 2. The lowest BCUT2D eigenvalue weighted by atomic mass is 10.2. The van der Waals surface area contributed by atoms with Crippen LogP contribution in [0.25, 0.3) is 0 Å². The molecule has 80 valence electrons. The van der Waals surface area contributed by atoms with Crippen molar-refractivity contribution in [1.82, 2.24) is 4.98 Å². The van der Waals surface area contributed by atoms with Gasteiger partial charge >= 0.3 is 0 Å². The van der Waals surface area contributed by atoms with E-state index in [1.54, 1.807) is 25.1 Å². The molecule has 0 spiro atoms. The molecular weight excluding hydrogens is 192 g/mol. The third kappa shape index (κ3) is 1.79. The lowest BCUT2D eigenvalue weighted by molar-refractivity contribution is -0.118. The van der Waals surface area contributed by atoms with E-state index in [1.807, 2.05) is 6.07 Å². The Morgan fingerprint density at radius 3 is 2.93 bits per heavy atom. The van der Waals surface area contributed by atoms with Crippen LogP contribution < -0.4 is 9.64 Å². The van der Waals surface area contributed by atoms with E-state index >= 15 is 0 Å². The Hall–Kier alpha value is -1.58. The van der Waals surface area contributed by atoms with Crippen LogP contribution in [0.4, 0.5) is 5.69 Å². The van der Waals surface area contributed by atoms with Gasteiger partial charge in [0.2, 0.25) is 11.8 Å². The van der Waals surface area contributed by atoms with Crippen molar-refractivity contribution < 1.29 is 9.53 Å². The lowest BCUT2D eigenvalue weighted by Gasteiger charge is -2.16. The summed E-state index contributed by atoms with van der Waals surface area (Å²) in [6, 6.07) is 3.68. The molecule has 0 unspecified atom stereocenters. The average Bonchev–Trinajstić information content (AvgIpc) is 2.40. The number of carbonyl (C=O) groups excluding carboxylic acids is 1. The molecule has 0 aromatic carbocycles. The summed E-state index contributed by atoms with van der Waals surface area (Å²) in [5.41, 5.74) is 1.85. The molecule has 0 N–H and O–H groups in total. The number of pyridine rings is 1. The molecule has 1 aromatic rings. The molecule has 0 radical (unpaired) electrons. The van der Waals surface area contributed by atoms with Crippen molar-refractivity contribution in [1.29, 1.82) is 0 Å². The van der Waals surface area contributed by atoms with E-state index in [0.29, 0.717) is 12.3 Å². The largest absolute Gasteiger partial charge is 0.481 e. The molecule has 0 atom stereocenters. The number of hydrogen-bond acceptors (Lipinski definition) is 3. The Kier molecular flexibility index (Phi) is 2.58. The van der Waals surface area contributed by atoms with Gasteiger partial charge in [0.25, 0.3) is 0 Å². The molecule has 1 aliphatic rings. The van der Waals surface area contributed by atoms with Gasteiger partial charge in [-0.2, -0.15) is 0 Å². The first-order chi connectivity index (χ1) is 7.22. The van der Waals surface area contributed by atoms with Gasteiger partial charge in [-0.3, -0.25) is 4.79 Å². The van der Waals surface area contributed by atoms with Crippen molar-refractivity contribution in [2.45, 2.75) is 19.3 Å². The fraction of sp³-hybridized carbons (Fsp3) is 0.455. The van der Waals surface area contributed by atoms with Crippen LogP contribution in [0, 0.1) is 0 Å². The molecule has 0 fully saturated rings. The van der Waals surface area contributed by atoms with Gasteiger partial charge in [-0.25, -0.2) is 4.98 Å². The molecule has 2 heterocycles. The predicted molar refractivity (Wildman–Crippen MR) is 57.1 cm³/mol. The van der Waals surface area contributed by atoms with Crippen molar-refractivity contribution >= 4 is 11.6 Å². The smallest absolute Gasteiger partial charge is 0.226 e. The highest BCUT2D eigenvalue weighted by Crippen LogP contribution is 2.26. The molecule has 4 nitrogen and oxygen atoms in total. The van der Waals surface area contributed by atoms with Crippen LogP contribution in [0.15, 0.2) is 12.1 Å². The maximum Gasteiger partial charge on any atom is 0.226 e. The van der Waals surface area contributed by atoms with Crippen molar-refractivity contribution in [3.8, 4) is 5.88 Å². The highest BCUT2D eigenvalue weighted by Gasteiger charge is 2.19. The molecule has 0 saturated carbocycles. The molecule has 1 aliphatic heterocycles. The van der Waals surface area contributed by atoms with E-state index in [4.69, 9.17) is 4.74 Å². The number of amides is 1. The molecule has 1 aromatic heterocycles. The number of methoxy groups -OCH3 is 1. The molecule has 1 amide bonds. The topological polar surface area (TPSA) is 42.4 Å². The van der Waals surface area contributed by atoms with Crippen LogP contribution in [-0.2, 0) is 11.2 Å². The predicted octanol–water partition coefficient (Wildman–Crippen LogP) is 1.39. The molecule has 4 heteroatoms. The number of aryl methyl sites for hydroxylation is 1. The fourth-order valence-corrected chi connectivity index (χ4v) is 1.79. The normalized spacial score (nSPS) is 15.9. The first-order valence-corrected chi connectivity index (χ1v) is 5.03. The maximum atomic E-state index is 11.6. The van der Waals surface area contributed by atoms with Crippen LogP contribution in [0.3, 0.4) is 0 Å². The van der Waals surface area contributed by atoms with Gasteiger partial charge in [-0.05, 0) is 18.9 Å². The minimum Gasteiger partial charge on any atom is -0.481 e. The van der Waals surface area contributed by atoms with E-state index in [-0.39, 0.29) is 5.91 Å². The summed E-state index contributed by atoms with van der Waals surface area (Å²) in [5, 5.41) is 0. The lowest BCUT2D eigenvalue weighted by Crippen LogP contribution is -2.25. The Bertz CT molecular complexity index is 390. The van der Waals surface area contributed by atoms with Crippen LogP contribution in [0.1, 0.15) is 18.5 Å². The van der Waals surface area contributed by atoms with Gasteiger partial charge in [0.1, 0.15) is 0 Å². The maximum absolute atomic E-state index is 11.6. The summed E-state index contributed by atoms with van der Waals surface area (Å²) in [5.74, 6) is 0.761. The number of ether oxygens (including phenoxy) is 1. The zero-order valence-corrected chi connectivity index (χ0v) is 8.99. The minimum absolute atomic E-state index is 0.153. The number of anilines is 1. The third-order valence-corrected chi connectivity index (χ3v) is 2.67. The minimum atomic E-state index is 0.153. The summed E-state index contributed by atoms with van der Waals surface area (Å²) in [7, 11) is 3.39. The summed E-state index contributed by atoms with van der Waals surface area (Å²) in [6.45, 7) is 0. The number of carbonyl (C=O) groups is 1. The number of rotatable bonds is 1. The van der Waals surface area contributed by atoms with Gasteiger partial charge in [-0.1, -0.05) is 0 Å². The Morgan fingerprint density at radius 2 is 2.20 bits per heavy atom. The SMILES string of the molecule is COc1ccc2c(n1)CCCC(=O)N2C. The Morgan fingerprint density at radius 1 is 1.40 bits per heavy atom. The van der Waals surface area contributed by atoms with Crippen molar-refractivity contribution in [3.05, 3.63) is 17.8 Å². The van der Waals surface area contributed by atoms with Crippen LogP contribution in [-0.4, -0.2) is 25.0 Å². The van der Waals surface area contributed by atoms with Crippen LogP contribution in [0.2, 0.25) is 0 Å². The average molecular weight is 206 g/mol. The highest BCUT2D eigenvalue weighted by atomic mass is 16.5. The van der Waals surface area contributed by atoms with Crippen molar-refractivity contribution in [2.24, 2.45) is 0 Å². The second-order valence-corrected chi connectivity index (χ2v) is 3.63. The van der Waals surface area contributed by atoms with Crippen molar-refractivity contribution in [3.63, 3.8) is 0 Å². The van der Waals surface area contributed by atoms with E-state index in [9.17, 15) is 4.79 Å². The summed E-state index contributed by atoms with van der Waals surface area (Å²) < 4.78 is 5.07. The zero-order valence-electron chi connectivity index (χ0n) is 8.99. The molecule has 15 heavy (non-hydrogen) atoms. The molecule has 0 bridgehead atoms. The molecule has 2 rings (SSSR count). The third-order valence-electron chi connectivity index (χ3n) is 2.67. The van der Waals surface area contributed by atoms with E-state index in [0.717, 1.165) is 24.2 Å². The Balaban J connectivity index is 2.43. The molecule has 0 aliphatic carbocycles. The first-order valence-electron chi connectivity index (χ1n) is 5.03. The van der Waals surface area contributed by atoms with Gasteiger partial charge in [0.15, 0.2) is 0 Å². The van der Waals surface area contributed by atoms with Gasteiger partial charge in [0, 0.05) is 19.5 Å². The Labute approximate surface area is 88.9 Å². The van der Waals surface area contributed by atoms with E-state index in [2.05, 4.69) is 4.98 Å². The number of hydrogen-bond donors (Lipinski definition) is 0. The zero-order chi connectivity index (χ0) is 10.8. The van der Waals surface area contributed by atoms with Gasteiger partial charge < -0.3 is 9.64 Å². The van der Waals surface area contributed by atoms with E-state index in [1.165, 1.54) is 0 Å².